The maximum atomic E-state index is 11.7. The normalized spacial score (nSPS) is 10.2. The Hall–Kier alpha value is -1.52. The minimum atomic E-state index is -2.92. The van der Waals surface area contributed by atoms with Crippen LogP contribution in [0.1, 0.15) is 16.1 Å². The first kappa shape index (κ1) is 9.57. The van der Waals surface area contributed by atoms with E-state index in [1.807, 2.05) is 0 Å². The molecule has 13 heavy (non-hydrogen) atoms. The highest BCUT2D eigenvalue weighted by Crippen LogP contribution is 2.13. The van der Waals surface area contributed by atoms with E-state index in [4.69, 9.17) is 0 Å². The maximum Gasteiger partial charge on any atom is 0.388 e. The molecule has 0 saturated heterocycles. The molecule has 0 aliphatic rings. The van der Waals surface area contributed by atoms with E-state index in [0.717, 1.165) is 6.07 Å². The van der Waals surface area contributed by atoms with Crippen molar-refractivity contribution in [3.05, 3.63) is 23.4 Å². The number of aromatic nitrogens is 1. The number of ether oxygens (including phenoxy) is 1. The van der Waals surface area contributed by atoms with Crippen LogP contribution in [0.5, 0.6) is 5.88 Å². The number of halogens is 2. The van der Waals surface area contributed by atoms with E-state index in [0.29, 0.717) is 12.0 Å². The number of aryl methyl sites for hydroxylation is 1. The van der Waals surface area contributed by atoms with E-state index < -0.39 is 6.61 Å². The van der Waals surface area contributed by atoms with Gasteiger partial charge in [-0.2, -0.15) is 8.78 Å². The molecule has 1 heterocycles. The van der Waals surface area contributed by atoms with Gasteiger partial charge in [-0.15, -0.1) is 0 Å². The van der Waals surface area contributed by atoms with Gasteiger partial charge >= 0.3 is 6.61 Å². The minimum Gasteiger partial charge on any atom is -0.417 e. The number of pyridine rings is 1. The van der Waals surface area contributed by atoms with Crippen molar-refractivity contribution in [2.75, 3.05) is 0 Å². The topological polar surface area (TPSA) is 39.2 Å². The van der Waals surface area contributed by atoms with Gasteiger partial charge in [0.25, 0.3) is 0 Å². The first-order valence-electron chi connectivity index (χ1n) is 3.50. The van der Waals surface area contributed by atoms with Crippen LogP contribution in [-0.2, 0) is 0 Å². The Bertz CT molecular complexity index is 315. The molecule has 0 aromatic carbocycles. The van der Waals surface area contributed by atoms with Gasteiger partial charge in [-0.1, -0.05) is 0 Å². The van der Waals surface area contributed by atoms with Crippen molar-refractivity contribution >= 4 is 6.29 Å². The van der Waals surface area contributed by atoms with Gasteiger partial charge in [0.15, 0.2) is 0 Å². The third kappa shape index (κ3) is 2.77. The third-order valence-corrected chi connectivity index (χ3v) is 1.30. The summed E-state index contributed by atoms with van der Waals surface area (Å²) in [7, 11) is 0. The van der Waals surface area contributed by atoms with Gasteiger partial charge in [-0.25, -0.2) is 4.98 Å². The largest absolute Gasteiger partial charge is 0.417 e. The summed E-state index contributed by atoms with van der Waals surface area (Å²) in [4.78, 5) is 14.0. The zero-order chi connectivity index (χ0) is 9.84. The Morgan fingerprint density at radius 1 is 1.54 bits per heavy atom. The molecule has 5 heteroatoms. The molecule has 0 saturated carbocycles. The van der Waals surface area contributed by atoms with E-state index in [2.05, 4.69) is 9.72 Å². The lowest BCUT2D eigenvalue weighted by Gasteiger charge is -2.04. The van der Waals surface area contributed by atoms with Crippen LogP contribution >= 0.6 is 0 Å². The molecule has 0 radical (unpaired) electrons. The number of aldehydes is 1. The second kappa shape index (κ2) is 3.93. The fourth-order valence-corrected chi connectivity index (χ4v) is 0.883. The summed E-state index contributed by atoms with van der Waals surface area (Å²) in [5, 5.41) is 0. The van der Waals surface area contributed by atoms with Crippen molar-refractivity contribution in [1.82, 2.24) is 4.98 Å². The molecule has 0 spiro atoms. The Labute approximate surface area is 73.4 Å². The SMILES string of the molecule is Cc1cc(C=O)cc(OC(F)F)n1. The highest BCUT2D eigenvalue weighted by atomic mass is 19.3. The fraction of sp³-hybridized carbons (Fsp3) is 0.250. The van der Waals surface area contributed by atoms with E-state index in [1.54, 1.807) is 6.92 Å². The summed E-state index contributed by atoms with van der Waals surface area (Å²) < 4.78 is 27.5. The molecule has 0 fully saturated rings. The van der Waals surface area contributed by atoms with Crippen molar-refractivity contribution in [3.8, 4) is 5.88 Å². The minimum absolute atomic E-state index is 0.239. The predicted molar refractivity (Wildman–Crippen MR) is 41.0 cm³/mol. The standard InChI is InChI=1S/C8H7F2NO2/c1-5-2-6(4-12)3-7(11-5)13-8(9)10/h2-4,8H,1H3. The summed E-state index contributed by atoms with van der Waals surface area (Å²) in [6, 6.07) is 2.64. The van der Waals surface area contributed by atoms with E-state index in [1.165, 1.54) is 6.07 Å². The van der Waals surface area contributed by atoms with Gasteiger partial charge in [-0.3, -0.25) is 4.79 Å². The number of alkyl halides is 2. The van der Waals surface area contributed by atoms with Crippen molar-refractivity contribution < 1.29 is 18.3 Å². The second-order valence-corrected chi connectivity index (χ2v) is 2.38. The molecule has 0 N–H and O–H groups in total. The molecule has 3 nitrogen and oxygen atoms in total. The molecule has 1 aromatic heterocycles. The van der Waals surface area contributed by atoms with Gasteiger partial charge in [0.1, 0.15) is 6.29 Å². The smallest absolute Gasteiger partial charge is 0.388 e. The number of carbonyl (C=O) groups is 1. The van der Waals surface area contributed by atoms with Gasteiger partial charge in [0.05, 0.1) is 0 Å². The first-order chi connectivity index (χ1) is 6.11. The van der Waals surface area contributed by atoms with Crippen LogP contribution in [0, 0.1) is 6.92 Å². The van der Waals surface area contributed by atoms with Crippen LogP contribution in [0.4, 0.5) is 8.78 Å². The van der Waals surface area contributed by atoms with Crippen LogP contribution in [0.15, 0.2) is 12.1 Å². The lowest BCUT2D eigenvalue weighted by Crippen LogP contribution is -2.04. The fourth-order valence-electron chi connectivity index (χ4n) is 0.883. The van der Waals surface area contributed by atoms with Crippen molar-refractivity contribution in [2.24, 2.45) is 0 Å². The van der Waals surface area contributed by atoms with Crippen LogP contribution in [0.25, 0.3) is 0 Å². The average Bonchev–Trinajstić information content (AvgIpc) is 2.01. The third-order valence-electron chi connectivity index (χ3n) is 1.30. The Morgan fingerprint density at radius 3 is 2.77 bits per heavy atom. The van der Waals surface area contributed by atoms with Crippen LogP contribution in [-0.4, -0.2) is 17.9 Å². The Kier molecular flexibility index (Phi) is 2.89. The average molecular weight is 187 g/mol. The molecular weight excluding hydrogens is 180 g/mol. The predicted octanol–water partition coefficient (Wildman–Crippen LogP) is 1.80. The zero-order valence-electron chi connectivity index (χ0n) is 6.83. The van der Waals surface area contributed by atoms with Crippen LogP contribution in [0.2, 0.25) is 0 Å². The van der Waals surface area contributed by atoms with E-state index in [9.17, 15) is 13.6 Å². The number of carbonyl (C=O) groups excluding carboxylic acids is 1. The highest BCUT2D eigenvalue weighted by molar-refractivity contribution is 5.75. The molecular formula is C8H7F2NO2. The van der Waals surface area contributed by atoms with Crippen LogP contribution in [0.3, 0.4) is 0 Å². The zero-order valence-corrected chi connectivity index (χ0v) is 6.83. The highest BCUT2D eigenvalue weighted by Gasteiger charge is 2.06. The molecule has 0 aliphatic heterocycles. The van der Waals surface area contributed by atoms with E-state index in [-0.39, 0.29) is 11.4 Å². The molecule has 1 aromatic rings. The molecule has 0 unspecified atom stereocenters. The summed E-state index contributed by atoms with van der Waals surface area (Å²) in [5.74, 6) is -0.239. The summed E-state index contributed by atoms with van der Waals surface area (Å²) >= 11 is 0. The summed E-state index contributed by atoms with van der Waals surface area (Å²) in [6.45, 7) is -1.33. The van der Waals surface area contributed by atoms with Crippen molar-refractivity contribution in [3.63, 3.8) is 0 Å². The molecule has 0 atom stereocenters. The van der Waals surface area contributed by atoms with Gasteiger partial charge in [0, 0.05) is 17.3 Å². The Morgan fingerprint density at radius 2 is 2.23 bits per heavy atom. The number of hydrogen-bond acceptors (Lipinski definition) is 3. The van der Waals surface area contributed by atoms with Crippen LogP contribution < -0.4 is 4.74 Å². The molecule has 1 rings (SSSR count). The van der Waals surface area contributed by atoms with Crippen molar-refractivity contribution in [1.29, 1.82) is 0 Å². The van der Waals surface area contributed by atoms with E-state index >= 15 is 0 Å². The number of hydrogen-bond donors (Lipinski definition) is 0. The molecule has 0 amide bonds. The monoisotopic (exact) mass is 187 g/mol. The quantitative estimate of drug-likeness (QED) is 0.677. The Balaban J connectivity index is 2.94. The summed E-state index contributed by atoms with van der Waals surface area (Å²) in [6.07, 6.45) is 0.549. The number of rotatable bonds is 3. The lowest BCUT2D eigenvalue weighted by molar-refractivity contribution is -0.0529. The maximum absolute atomic E-state index is 11.7. The molecule has 0 aliphatic carbocycles. The van der Waals surface area contributed by atoms with Gasteiger partial charge in [-0.05, 0) is 13.0 Å². The number of nitrogens with zero attached hydrogens (tertiary/aromatic N) is 1. The lowest BCUT2D eigenvalue weighted by atomic mass is 10.2. The van der Waals surface area contributed by atoms with Crippen molar-refractivity contribution in [2.45, 2.75) is 13.5 Å². The first-order valence-corrected chi connectivity index (χ1v) is 3.50. The van der Waals surface area contributed by atoms with Gasteiger partial charge in [0.2, 0.25) is 5.88 Å². The summed E-state index contributed by atoms with van der Waals surface area (Å²) in [5.41, 5.74) is 0.725. The second-order valence-electron chi connectivity index (χ2n) is 2.38. The molecule has 70 valence electrons. The molecule has 0 bridgehead atoms. The van der Waals surface area contributed by atoms with Gasteiger partial charge < -0.3 is 4.74 Å².